The molecule has 0 saturated heterocycles. The predicted octanol–water partition coefficient (Wildman–Crippen LogP) is 5.31. The molecule has 0 saturated carbocycles. The van der Waals surface area contributed by atoms with Crippen LogP contribution < -0.4 is 0 Å². The second-order valence-corrected chi connectivity index (χ2v) is 4.05. The van der Waals surface area contributed by atoms with Crippen LogP contribution in [0.15, 0.2) is 79.9 Å². The number of hydrogen-bond acceptors (Lipinski definition) is 0. The Morgan fingerprint density at radius 1 is 0.833 bits per heavy atom. The van der Waals surface area contributed by atoms with E-state index in [-0.39, 0.29) is 0 Å². The Balaban J connectivity index is 0.000000184. The highest BCUT2D eigenvalue weighted by Crippen LogP contribution is 2.14. The van der Waals surface area contributed by atoms with E-state index < -0.39 is 0 Å². The van der Waals surface area contributed by atoms with Crippen LogP contribution in [0.25, 0.3) is 6.08 Å². The van der Waals surface area contributed by atoms with E-state index in [1.807, 2.05) is 48.6 Å². The summed E-state index contributed by atoms with van der Waals surface area (Å²) >= 11 is 0. The Hall–Kier alpha value is -2.08. The second kappa shape index (κ2) is 8.08. The zero-order chi connectivity index (χ0) is 13.2. The molecule has 2 rings (SSSR count). The first kappa shape index (κ1) is 14.0. The molecule has 0 spiro atoms. The summed E-state index contributed by atoms with van der Waals surface area (Å²) in [7, 11) is 0. The van der Waals surface area contributed by atoms with Crippen LogP contribution in [0.3, 0.4) is 0 Å². The topological polar surface area (TPSA) is 0 Å². The van der Waals surface area contributed by atoms with E-state index in [9.17, 15) is 0 Å². The molecule has 0 heteroatoms. The maximum atomic E-state index is 3.74. The quantitative estimate of drug-likeness (QED) is 0.634. The average Bonchev–Trinajstić information content (AvgIpc) is 2.49. The monoisotopic (exact) mass is 236 g/mol. The zero-order valence-electron chi connectivity index (χ0n) is 10.9. The fourth-order valence-corrected chi connectivity index (χ4v) is 1.48. The maximum absolute atomic E-state index is 3.74. The molecule has 2 aromatic rings. The molecule has 0 N–H and O–H groups in total. The third kappa shape index (κ3) is 4.84. The van der Waals surface area contributed by atoms with Crippen molar-refractivity contribution in [3.05, 3.63) is 91.0 Å². The van der Waals surface area contributed by atoms with Gasteiger partial charge in [0, 0.05) is 0 Å². The molecule has 0 aliphatic heterocycles. The Morgan fingerprint density at radius 2 is 1.33 bits per heavy atom. The van der Waals surface area contributed by atoms with E-state index in [2.05, 4.69) is 44.3 Å². The van der Waals surface area contributed by atoms with Crippen LogP contribution in [0.2, 0.25) is 0 Å². The largest absolute Gasteiger partial charge is 0.102 e. The first-order valence-electron chi connectivity index (χ1n) is 6.13. The molecule has 1 unspecified atom stereocenters. The minimum absolute atomic E-state index is 0.473. The second-order valence-electron chi connectivity index (χ2n) is 4.05. The van der Waals surface area contributed by atoms with Gasteiger partial charge in [-0.1, -0.05) is 86.3 Å². The lowest BCUT2D eigenvalue weighted by Gasteiger charge is -2.03. The molecule has 1 atom stereocenters. The van der Waals surface area contributed by atoms with Crippen molar-refractivity contribution >= 4 is 6.08 Å². The van der Waals surface area contributed by atoms with Gasteiger partial charge in [-0.15, -0.1) is 6.58 Å². The lowest BCUT2D eigenvalue weighted by atomic mass is 10.0. The summed E-state index contributed by atoms with van der Waals surface area (Å²) in [5.41, 5.74) is 2.50. The van der Waals surface area contributed by atoms with Crippen molar-refractivity contribution in [2.24, 2.45) is 0 Å². The van der Waals surface area contributed by atoms with Crippen LogP contribution in [0.1, 0.15) is 24.0 Å². The highest BCUT2D eigenvalue weighted by Gasteiger charge is 1.96. The lowest BCUT2D eigenvalue weighted by Crippen LogP contribution is -1.85. The lowest BCUT2D eigenvalue weighted by molar-refractivity contribution is 0.971. The van der Waals surface area contributed by atoms with Crippen molar-refractivity contribution in [1.29, 1.82) is 0 Å². The average molecular weight is 236 g/mol. The van der Waals surface area contributed by atoms with E-state index in [4.69, 9.17) is 0 Å². The van der Waals surface area contributed by atoms with Gasteiger partial charge in [0.1, 0.15) is 0 Å². The van der Waals surface area contributed by atoms with E-state index >= 15 is 0 Å². The normalized spacial score (nSPS) is 10.7. The maximum Gasteiger partial charge on any atom is -0.00131 e. The summed E-state index contributed by atoms with van der Waals surface area (Å²) < 4.78 is 0. The molecule has 0 aliphatic carbocycles. The van der Waals surface area contributed by atoms with E-state index in [0.29, 0.717) is 5.92 Å². The van der Waals surface area contributed by atoms with Crippen LogP contribution in [0, 0.1) is 0 Å². The van der Waals surface area contributed by atoms with Crippen LogP contribution in [-0.4, -0.2) is 0 Å². The molecule has 92 valence electrons. The predicted molar refractivity (Wildman–Crippen MR) is 81.6 cm³/mol. The van der Waals surface area contributed by atoms with Gasteiger partial charge < -0.3 is 0 Å². The summed E-state index contributed by atoms with van der Waals surface area (Å²) in [6.07, 6.45) is 3.79. The number of benzene rings is 2. The first-order chi connectivity index (χ1) is 8.77. The minimum atomic E-state index is 0.473. The molecule has 2 aromatic carbocycles. The Kier molecular flexibility index (Phi) is 6.27. The van der Waals surface area contributed by atoms with Gasteiger partial charge in [0.25, 0.3) is 0 Å². The molecular formula is C18H20. The molecular weight excluding hydrogens is 216 g/mol. The first-order valence-corrected chi connectivity index (χ1v) is 6.13. The van der Waals surface area contributed by atoms with Crippen LogP contribution in [0.5, 0.6) is 0 Å². The van der Waals surface area contributed by atoms with Crippen molar-refractivity contribution in [3.8, 4) is 0 Å². The van der Waals surface area contributed by atoms with Crippen LogP contribution in [0.4, 0.5) is 0 Å². The van der Waals surface area contributed by atoms with Crippen molar-refractivity contribution < 1.29 is 0 Å². The van der Waals surface area contributed by atoms with Gasteiger partial charge in [0.2, 0.25) is 0 Å². The molecule has 0 nitrogen and oxygen atoms in total. The number of allylic oxidation sites excluding steroid dienone is 1. The molecule has 0 aliphatic rings. The summed E-state index contributed by atoms with van der Waals surface area (Å²) in [6.45, 7) is 9.51. The Labute approximate surface area is 110 Å². The third-order valence-corrected chi connectivity index (χ3v) is 2.71. The van der Waals surface area contributed by atoms with Gasteiger partial charge in [0.05, 0.1) is 0 Å². The van der Waals surface area contributed by atoms with Crippen LogP contribution >= 0.6 is 0 Å². The number of rotatable bonds is 3. The molecule has 0 fully saturated rings. The van der Waals surface area contributed by atoms with Gasteiger partial charge in [-0.3, -0.25) is 0 Å². The molecule has 0 heterocycles. The van der Waals surface area contributed by atoms with E-state index in [1.54, 1.807) is 0 Å². The molecule has 18 heavy (non-hydrogen) atoms. The fourth-order valence-electron chi connectivity index (χ4n) is 1.48. The Bertz CT molecular complexity index is 454. The molecule has 0 radical (unpaired) electrons. The van der Waals surface area contributed by atoms with Gasteiger partial charge in [0.15, 0.2) is 0 Å². The smallest absolute Gasteiger partial charge is 0.00131 e. The Morgan fingerprint density at radius 3 is 1.72 bits per heavy atom. The highest BCUT2D eigenvalue weighted by molar-refractivity contribution is 5.45. The van der Waals surface area contributed by atoms with Crippen molar-refractivity contribution in [1.82, 2.24) is 0 Å². The summed E-state index contributed by atoms with van der Waals surface area (Å²) in [6, 6.07) is 20.4. The molecule has 0 aromatic heterocycles. The third-order valence-electron chi connectivity index (χ3n) is 2.71. The molecule has 0 bridgehead atoms. The van der Waals surface area contributed by atoms with Crippen molar-refractivity contribution in [3.63, 3.8) is 0 Å². The number of hydrogen-bond donors (Lipinski definition) is 0. The van der Waals surface area contributed by atoms with Gasteiger partial charge in [-0.05, 0) is 17.0 Å². The van der Waals surface area contributed by atoms with Crippen molar-refractivity contribution in [2.75, 3.05) is 0 Å². The van der Waals surface area contributed by atoms with E-state index in [1.165, 1.54) is 11.1 Å². The van der Waals surface area contributed by atoms with Gasteiger partial charge >= 0.3 is 0 Å². The summed E-state index contributed by atoms with van der Waals surface area (Å²) in [5.74, 6) is 0.473. The van der Waals surface area contributed by atoms with Crippen LogP contribution in [-0.2, 0) is 0 Å². The highest BCUT2D eigenvalue weighted by atomic mass is 14.0. The standard InChI is InChI=1S/C10H12.C8H8/c1-3-9(2)10-7-5-4-6-8-10;1-2-8-6-4-3-5-7-8/h3-9H,1H2,2H3;2-7H,1H2. The van der Waals surface area contributed by atoms with E-state index in [0.717, 1.165) is 0 Å². The SMILES string of the molecule is C=CC(C)c1ccccc1.C=Cc1ccccc1. The summed E-state index contributed by atoms with van der Waals surface area (Å²) in [5, 5.41) is 0. The zero-order valence-corrected chi connectivity index (χ0v) is 10.9. The molecule has 0 amide bonds. The fraction of sp³-hybridized carbons (Fsp3) is 0.111. The van der Waals surface area contributed by atoms with Crippen molar-refractivity contribution in [2.45, 2.75) is 12.8 Å². The van der Waals surface area contributed by atoms with Gasteiger partial charge in [-0.2, -0.15) is 0 Å². The minimum Gasteiger partial charge on any atom is -0.102 e. The van der Waals surface area contributed by atoms with Gasteiger partial charge in [-0.25, -0.2) is 0 Å². The summed E-state index contributed by atoms with van der Waals surface area (Å²) in [4.78, 5) is 0.